The van der Waals surface area contributed by atoms with Gasteiger partial charge < -0.3 is 4.90 Å². The fraction of sp³-hybridized carbons (Fsp3) is 0.500. The van der Waals surface area contributed by atoms with E-state index in [4.69, 9.17) is 0 Å². The van der Waals surface area contributed by atoms with Crippen LogP contribution in [0.4, 0.5) is 4.39 Å². The number of benzene rings is 2. The number of hydrogen-bond acceptors (Lipinski definition) is 1. The minimum absolute atomic E-state index is 0.151. The molecule has 2 aromatic rings. The number of alkyl halides is 1. The molecule has 0 aliphatic heterocycles. The first-order chi connectivity index (χ1) is 12.6. The van der Waals surface area contributed by atoms with Crippen molar-refractivity contribution >= 4 is 0 Å². The molecule has 1 saturated carbocycles. The van der Waals surface area contributed by atoms with Gasteiger partial charge in [0.15, 0.2) is 0 Å². The van der Waals surface area contributed by atoms with Gasteiger partial charge in [-0.2, -0.15) is 0 Å². The number of nitrogens with zero attached hydrogens (tertiary/aromatic N) is 1. The molecule has 2 heteroatoms. The molecule has 0 radical (unpaired) electrons. The van der Waals surface area contributed by atoms with Gasteiger partial charge in [0.1, 0.15) is 6.17 Å². The minimum Gasteiger partial charge on any atom is -0.301 e. The van der Waals surface area contributed by atoms with Crippen molar-refractivity contribution in [3.63, 3.8) is 0 Å². The second-order valence-corrected chi connectivity index (χ2v) is 7.91. The van der Waals surface area contributed by atoms with E-state index in [1.165, 1.54) is 23.1 Å². The Morgan fingerprint density at radius 3 is 2.15 bits per heavy atom. The maximum Gasteiger partial charge on any atom is 0.107 e. The Labute approximate surface area is 158 Å². The largest absolute Gasteiger partial charge is 0.301 e. The lowest BCUT2D eigenvalue weighted by Gasteiger charge is -2.30. The van der Waals surface area contributed by atoms with Crippen LogP contribution in [0.1, 0.15) is 55.7 Å². The summed E-state index contributed by atoms with van der Waals surface area (Å²) in [5, 5.41) is 0. The van der Waals surface area contributed by atoms with Crippen LogP contribution in [0.3, 0.4) is 0 Å². The van der Waals surface area contributed by atoms with E-state index in [2.05, 4.69) is 73.3 Å². The number of halogens is 1. The molecule has 0 aromatic heterocycles. The lowest BCUT2D eigenvalue weighted by molar-refractivity contribution is 0.170. The van der Waals surface area contributed by atoms with Crippen LogP contribution in [0.5, 0.6) is 0 Å². The summed E-state index contributed by atoms with van der Waals surface area (Å²) in [4.78, 5) is 2.57. The van der Waals surface area contributed by atoms with Crippen LogP contribution in [-0.2, 0) is 12.8 Å². The Balaban J connectivity index is 1.44. The van der Waals surface area contributed by atoms with Gasteiger partial charge in [-0.05, 0) is 69.2 Å². The first-order valence-electron chi connectivity index (χ1n) is 10.1. The van der Waals surface area contributed by atoms with E-state index in [9.17, 15) is 4.39 Å². The molecule has 2 atom stereocenters. The van der Waals surface area contributed by atoms with E-state index < -0.39 is 6.17 Å². The molecule has 0 heterocycles. The number of rotatable bonds is 9. The molecular formula is C24H32FN. The highest BCUT2D eigenvalue weighted by molar-refractivity contribution is 5.28. The molecule has 1 aliphatic rings. The van der Waals surface area contributed by atoms with Crippen molar-refractivity contribution in [2.24, 2.45) is 0 Å². The SMILES string of the molecule is CC(C)N(CCCc1ccc(C2CCC2F)cc1)CCc1ccccc1. The third-order valence-corrected chi connectivity index (χ3v) is 5.77. The predicted molar refractivity (Wildman–Crippen MR) is 108 cm³/mol. The minimum atomic E-state index is -0.620. The van der Waals surface area contributed by atoms with Crippen LogP contribution in [-0.4, -0.2) is 30.2 Å². The zero-order valence-electron chi connectivity index (χ0n) is 16.2. The average Bonchev–Trinajstić information content (AvgIpc) is 2.65. The zero-order valence-corrected chi connectivity index (χ0v) is 16.2. The molecule has 2 unspecified atom stereocenters. The molecule has 1 aliphatic carbocycles. The highest BCUT2D eigenvalue weighted by atomic mass is 19.1. The Hall–Kier alpha value is -1.67. The Kier molecular flexibility index (Phi) is 6.85. The molecule has 1 fully saturated rings. The fourth-order valence-electron chi connectivity index (χ4n) is 3.80. The third kappa shape index (κ3) is 5.17. The van der Waals surface area contributed by atoms with Gasteiger partial charge in [-0.15, -0.1) is 0 Å². The van der Waals surface area contributed by atoms with Crippen molar-refractivity contribution < 1.29 is 4.39 Å². The summed E-state index contributed by atoms with van der Waals surface area (Å²) in [6, 6.07) is 20.0. The van der Waals surface area contributed by atoms with Crippen molar-refractivity contribution in [3.05, 3.63) is 71.3 Å². The Bertz CT molecular complexity index is 650. The lowest BCUT2D eigenvalue weighted by Crippen LogP contribution is -2.34. The van der Waals surface area contributed by atoms with E-state index in [0.717, 1.165) is 38.8 Å². The maximum absolute atomic E-state index is 13.5. The normalized spacial score (nSPS) is 19.7. The van der Waals surface area contributed by atoms with Crippen molar-refractivity contribution in [3.8, 4) is 0 Å². The topological polar surface area (TPSA) is 3.24 Å². The Morgan fingerprint density at radius 2 is 1.58 bits per heavy atom. The number of aryl methyl sites for hydroxylation is 1. The van der Waals surface area contributed by atoms with Gasteiger partial charge in [-0.1, -0.05) is 54.6 Å². The highest BCUT2D eigenvalue weighted by Gasteiger charge is 2.31. The Morgan fingerprint density at radius 1 is 0.885 bits per heavy atom. The molecule has 1 nitrogen and oxygen atoms in total. The maximum atomic E-state index is 13.5. The van der Waals surface area contributed by atoms with Crippen LogP contribution in [0, 0.1) is 0 Å². The molecule has 0 N–H and O–H groups in total. The van der Waals surface area contributed by atoms with Crippen molar-refractivity contribution in [1.82, 2.24) is 4.90 Å². The summed E-state index contributed by atoms with van der Waals surface area (Å²) in [5.74, 6) is 0.151. The summed E-state index contributed by atoms with van der Waals surface area (Å²) in [6.07, 6.45) is 4.50. The van der Waals surface area contributed by atoms with Crippen LogP contribution in [0.15, 0.2) is 54.6 Å². The van der Waals surface area contributed by atoms with Crippen LogP contribution < -0.4 is 0 Å². The molecular weight excluding hydrogens is 321 g/mol. The van der Waals surface area contributed by atoms with Crippen molar-refractivity contribution in [2.45, 2.75) is 64.1 Å². The first kappa shape index (κ1) is 19.1. The van der Waals surface area contributed by atoms with Gasteiger partial charge in [0.05, 0.1) is 0 Å². The van der Waals surface area contributed by atoms with Gasteiger partial charge >= 0.3 is 0 Å². The quantitative estimate of drug-likeness (QED) is 0.552. The van der Waals surface area contributed by atoms with Gasteiger partial charge in [-0.3, -0.25) is 0 Å². The zero-order chi connectivity index (χ0) is 18.4. The molecule has 3 rings (SSSR count). The van der Waals surface area contributed by atoms with E-state index in [0.29, 0.717) is 6.04 Å². The monoisotopic (exact) mass is 353 g/mol. The van der Waals surface area contributed by atoms with E-state index in [1.807, 2.05) is 0 Å². The second kappa shape index (κ2) is 9.32. The summed E-state index contributed by atoms with van der Waals surface area (Å²) < 4.78 is 13.5. The molecule has 0 amide bonds. The van der Waals surface area contributed by atoms with E-state index >= 15 is 0 Å². The lowest BCUT2D eigenvalue weighted by atomic mass is 9.78. The van der Waals surface area contributed by atoms with Crippen LogP contribution in [0.25, 0.3) is 0 Å². The van der Waals surface area contributed by atoms with E-state index in [-0.39, 0.29) is 5.92 Å². The summed E-state index contributed by atoms with van der Waals surface area (Å²) >= 11 is 0. The van der Waals surface area contributed by atoms with E-state index in [1.54, 1.807) is 0 Å². The van der Waals surface area contributed by atoms with Crippen molar-refractivity contribution in [2.75, 3.05) is 13.1 Å². The third-order valence-electron chi connectivity index (χ3n) is 5.77. The molecule has 0 bridgehead atoms. The standard InChI is InChI=1S/C24H32FN/c1-19(2)26(18-16-20-7-4-3-5-8-20)17-6-9-21-10-12-22(13-11-21)23-14-15-24(23)25/h3-5,7-8,10-13,19,23-24H,6,9,14-18H2,1-2H3. The molecule has 26 heavy (non-hydrogen) atoms. The molecule has 2 aromatic carbocycles. The van der Waals surface area contributed by atoms with Crippen LogP contribution in [0.2, 0.25) is 0 Å². The second-order valence-electron chi connectivity index (χ2n) is 7.91. The number of hydrogen-bond donors (Lipinski definition) is 0. The average molecular weight is 354 g/mol. The molecule has 0 saturated heterocycles. The van der Waals surface area contributed by atoms with Gasteiger partial charge in [0, 0.05) is 18.5 Å². The van der Waals surface area contributed by atoms with Gasteiger partial charge in [0.2, 0.25) is 0 Å². The summed E-state index contributed by atoms with van der Waals surface area (Å²) in [6.45, 7) is 6.80. The molecule has 140 valence electrons. The van der Waals surface area contributed by atoms with Crippen molar-refractivity contribution in [1.29, 1.82) is 0 Å². The van der Waals surface area contributed by atoms with Gasteiger partial charge in [0.25, 0.3) is 0 Å². The summed E-state index contributed by atoms with van der Waals surface area (Å²) in [7, 11) is 0. The fourth-order valence-corrected chi connectivity index (χ4v) is 3.80. The van der Waals surface area contributed by atoms with Gasteiger partial charge in [-0.25, -0.2) is 4.39 Å². The highest BCUT2D eigenvalue weighted by Crippen LogP contribution is 2.39. The first-order valence-corrected chi connectivity index (χ1v) is 10.1. The summed E-state index contributed by atoms with van der Waals surface area (Å²) in [5.41, 5.74) is 3.96. The molecule has 0 spiro atoms. The van der Waals surface area contributed by atoms with Crippen LogP contribution >= 0.6 is 0 Å². The predicted octanol–water partition coefficient (Wildman–Crippen LogP) is 5.79. The smallest absolute Gasteiger partial charge is 0.107 e.